The van der Waals surface area contributed by atoms with E-state index in [0.29, 0.717) is 17.2 Å². The fraction of sp³-hybridized carbons (Fsp3) is 0.391. The molecule has 0 aliphatic heterocycles. The molecule has 0 bridgehead atoms. The molecule has 0 aliphatic carbocycles. The minimum absolute atomic E-state index is 0.179. The van der Waals surface area contributed by atoms with Crippen molar-refractivity contribution >= 4 is 40.0 Å². The lowest BCUT2D eigenvalue weighted by Gasteiger charge is -2.08. The van der Waals surface area contributed by atoms with Gasteiger partial charge in [-0.1, -0.05) is 49.0 Å². The fourth-order valence-corrected chi connectivity index (χ4v) is 5.01. The summed E-state index contributed by atoms with van der Waals surface area (Å²) in [4.78, 5) is 25.8. The summed E-state index contributed by atoms with van der Waals surface area (Å²) in [5.74, 6) is 0.481. The topological polar surface area (TPSA) is 86.1 Å². The summed E-state index contributed by atoms with van der Waals surface area (Å²) in [7, 11) is 0. The van der Waals surface area contributed by atoms with Gasteiger partial charge < -0.3 is 14.6 Å². The monoisotopic (exact) mass is 472 g/mol. The van der Waals surface area contributed by atoms with Crippen LogP contribution in [0.25, 0.3) is 0 Å². The molecule has 170 valence electrons. The van der Waals surface area contributed by atoms with Crippen LogP contribution in [0.2, 0.25) is 0 Å². The molecule has 0 atom stereocenters. The molecule has 0 saturated carbocycles. The van der Waals surface area contributed by atoms with Crippen molar-refractivity contribution in [1.29, 1.82) is 0 Å². The van der Waals surface area contributed by atoms with E-state index in [4.69, 9.17) is 4.74 Å². The number of thioether (sulfide) groups is 1. The molecule has 7 nitrogen and oxygen atoms in total. The van der Waals surface area contributed by atoms with Gasteiger partial charge in [0.05, 0.1) is 17.9 Å². The van der Waals surface area contributed by atoms with Gasteiger partial charge in [0.1, 0.15) is 10.8 Å². The van der Waals surface area contributed by atoms with E-state index in [1.165, 1.54) is 28.7 Å². The lowest BCUT2D eigenvalue weighted by atomic mass is 10.1. The van der Waals surface area contributed by atoms with Gasteiger partial charge >= 0.3 is 5.97 Å². The fourth-order valence-electron chi connectivity index (χ4n) is 3.19. The molecular weight excluding hydrogens is 444 g/mol. The number of nitrogens with zero attached hydrogens (tertiary/aromatic N) is 3. The molecule has 0 radical (unpaired) electrons. The second-order valence-electron chi connectivity index (χ2n) is 7.00. The van der Waals surface area contributed by atoms with Crippen molar-refractivity contribution in [2.75, 3.05) is 17.7 Å². The van der Waals surface area contributed by atoms with Crippen molar-refractivity contribution < 1.29 is 14.3 Å². The molecule has 3 rings (SSSR count). The van der Waals surface area contributed by atoms with Gasteiger partial charge in [-0.25, -0.2) is 4.79 Å². The highest BCUT2D eigenvalue weighted by molar-refractivity contribution is 7.99. The maximum Gasteiger partial charge on any atom is 0.341 e. The molecule has 2 heterocycles. The number of anilines is 1. The molecule has 2 aromatic heterocycles. The summed E-state index contributed by atoms with van der Waals surface area (Å²) in [6.45, 7) is 6.84. The summed E-state index contributed by atoms with van der Waals surface area (Å²) in [5.41, 5.74) is 1.67. The lowest BCUT2D eigenvalue weighted by Crippen LogP contribution is -2.16. The van der Waals surface area contributed by atoms with Crippen molar-refractivity contribution in [1.82, 2.24) is 14.8 Å². The molecule has 32 heavy (non-hydrogen) atoms. The van der Waals surface area contributed by atoms with Crippen LogP contribution in [0.4, 0.5) is 5.00 Å². The minimum Gasteiger partial charge on any atom is -0.462 e. The molecule has 1 N–H and O–H groups in total. The SMILES string of the molecule is CCOC(=O)c1cc(CC)sc1NC(=O)CSc1nnc(CCc2ccccc2)n1CC. The maximum atomic E-state index is 12.6. The molecule has 0 aliphatic rings. The van der Waals surface area contributed by atoms with Crippen molar-refractivity contribution in [2.24, 2.45) is 0 Å². The maximum absolute atomic E-state index is 12.6. The van der Waals surface area contributed by atoms with Crippen LogP contribution in [0.5, 0.6) is 0 Å². The molecule has 9 heteroatoms. The zero-order valence-corrected chi connectivity index (χ0v) is 20.2. The number of nitrogens with one attached hydrogen (secondary N) is 1. The summed E-state index contributed by atoms with van der Waals surface area (Å²) < 4.78 is 7.16. The Kier molecular flexibility index (Phi) is 8.87. The van der Waals surface area contributed by atoms with E-state index in [9.17, 15) is 9.59 Å². The number of carbonyl (C=O) groups is 2. The van der Waals surface area contributed by atoms with E-state index in [0.717, 1.165) is 41.7 Å². The van der Waals surface area contributed by atoms with Crippen molar-refractivity contribution in [3.8, 4) is 0 Å². The number of aryl methyl sites for hydroxylation is 3. The molecule has 1 aromatic carbocycles. The number of benzene rings is 1. The third-order valence-electron chi connectivity index (χ3n) is 4.80. The smallest absolute Gasteiger partial charge is 0.341 e. The minimum atomic E-state index is -0.416. The van der Waals surface area contributed by atoms with Crippen LogP contribution >= 0.6 is 23.1 Å². The zero-order chi connectivity index (χ0) is 22.9. The van der Waals surface area contributed by atoms with E-state index >= 15 is 0 Å². The van der Waals surface area contributed by atoms with Gasteiger partial charge in [-0.2, -0.15) is 0 Å². The van der Waals surface area contributed by atoms with Crippen LogP contribution in [-0.4, -0.2) is 39.0 Å². The van der Waals surface area contributed by atoms with Crippen molar-refractivity contribution in [2.45, 2.75) is 51.7 Å². The molecule has 3 aromatic rings. The Labute approximate surface area is 196 Å². The second kappa shape index (κ2) is 11.8. The third-order valence-corrected chi connectivity index (χ3v) is 6.96. The highest BCUT2D eigenvalue weighted by atomic mass is 32.2. The summed E-state index contributed by atoms with van der Waals surface area (Å²) >= 11 is 2.75. The van der Waals surface area contributed by atoms with Gasteiger partial charge in [-0.3, -0.25) is 4.79 Å². The zero-order valence-electron chi connectivity index (χ0n) is 18.6. The quantitative estimate of drug-likeness (QED) is 0.324. The molecule has 0 saturated heterocycles. The Morgan fingerprint density at radius 1 is 1.12 bits per heavy atom. The van der Waals surface area contributed by atoms with Gasteiger partial charge in [0.25, 0.3) is 0 Å². The highest BCUT2D eigenvalue weighted by Gasteiger charge is 2.19. The number of hydrogen-bond acceptors (Lipinski definition) is 7. The Hall–Kier alpha value is -2.65. The molecular formula is C23H28N4O3S2. The summed E-state index contributed by atoms with van der Waals surface area (Å²) in [6.07, 6.45) is 2.46. The number of carbonyl (C=O) groups excluding carboxylic acids is 2. The predicted octanol–water partition coefficient (Wildman–Crippen LogP) is 4.61. The lowest BCUT2D eigenvalue weighted by molar-refractivity contribution is -0.113. The number of esters is 1. The Morgan fingerprint density at radius 2 is 1.91 bits per heavy atom. The Morgan fingerprint density at radius 3 is 2.59 bits per heavy atom. The first-order chi connectivity index (χ1) is 15.5. The number of aromatic nitrogens is 3. The van der Waals surface area contributed by atoms with E-state index in [1.807, 2.05) is 36.6 Å². The van der Waals surface area contributed by atoms with Gasteiger partial charge in [0, 0.05) is 17.8 Å². The number of hydrogen-bond donors (Lipinski definition) is 1. The Balaban J connectivity index is 1.61. The number of ether oxygens (including phenoxy) is 1. The first kappa shape index (κ1) is 24.0. The van der Waals surface area contributed by atoms with Gasteiger partial charge in [-0.05, 0) is 38.3 Å². The van der Waals surface area contributed by atoms with E-state index in [1.54, 1.807) is 13.0 Å². The average Bonchev–Trinajstić information content (AvgIpc) is 3.40. The average molecular weight is 473 g/mol. The molecule has 0 spiro atoms. The largest absolute Gasteiger partial charge is 0.462 e. The van der Waals surface area contributed by atoms with Crippen LogP contribution < -0.4 is 5.32 Å². The standard InChI is InChI=1S/C23H28N4O3S2/c1-4-17-14-18(22(29)30-6-3)21(32-17)24-20(28)15-31-23-26-25-19(27(23)5-2)13-12-16-10-8-7-9-11-16/h7-11,14H,4-6,12-13,15H2,1-3H3,(H,24,28). The molecule has 1 amide bonds. The van der Waals surface area contributed by atoms with Gasteiger partial charge in [0.15, 0.2) is 5.16 Å². The third kappa shape index (κ3) is 6.20. The van der Waals surface area contributed by atoms with Crippen LogP contribution in [0.15, 0.2) is 41.6 Å². The molecule has 0 fully saturated rings. The van der Waals surface area contributed by atoms with Gasteiger partial charge in [0.2, 0.25) is 5.91 Å². The number of amides is 1. The van der Waals surface area contributed by atoms with E-state index < -0.39 is 5.97 Å². The second-order valence-corrected chi connectivity index (χ2v) is 9.07. The normalized spacial score (nSPS) is 10.8. The van der Waals surface area contributed by atoms with Crippen LogP contribution in [0, 0.1) is 0 Å². The predicted molar refractivity (Wildman–Crippen MR) is 129 cm³/mol. The first-order valence-corrected chi connectivity index (χ1v) is 12.5. The first-order valence-electron chi connectivity index (χ1n) is 10.7. The van der Waals surface area contributed by atoms with Crippen molar-refractivity contribution in [3.63, 3.8) is 0 Å². The highest BCUT2D eigenvalue weighted by Crippen LogP contribution is 2.30. The summed E-state index contributed by atoms with van der Waals surface area (Å²) in [5, 5.41) is 12.7. The van der Waals surface area contributed by atoms with Gasteiger partial charge in [-0.15, -0.1) is 21.5 Å². The van der Waals surface area contributed by atoms with E-state index in [-0.39, 0.29) is 11.7 Å². The van der Waals surface area contributed by atoms with E-state index in [2.05, 4.69) is 27.6 Å². The number of rotatable bonds is 11. The van der Waals surface area contributed by atoms with Crippen LogP contribution in [0.1, 0.15) is 47.4 Å². The Bertz CT molecular complexity index is 1050. The van der Waals surface area contributed by atoms with Crippen molar-refractivity contribution in [3.05, 3.63) is 58.2 Å². The number of thiophene rings is 1. The van der Waals surface area contributed by atoms with Crippen LogP contribution in [-0.2, 0) is 35.3 Å². The molecule has 0 unspecified atom stereocenters. The van der Waals surface area contributed by atoms with Crippen LogP contribution in [0.3, 0.4) is 0 Å². The summed E-state index contributed by atoms with van der Waals surface area (Å²) in [6, 6.07) is 12.1.